The van der Waals surface area contributed by atoms with E-state index in [1.165, 1.54) is 4.57 Å². The highest BCUT2D eigenvalue weighted by atomic mass is 35.5. The van der Waals surface area contributed by atoms with Gasteiger partial charge in [-0.2, -0.15) is 0 Å². The molecule has 10 heteroatoms. The lowest BCUT2D eigenvalue weighted by molar-refractivity contribution is -0.116. The number of hydrogen-bond donors (Lipinski definition) is 3. The van der Waals surface area contributed by atoms with Crippen molar-refractivity contribution in [3.63, 3.8) is 0 Å². The topological polar surface area (TPSA) is 109 Å². The predicted octanol–water partition coefficient (Wildman–Crippen LogP) is 4.21. The number of ketones is 1. The van der Waals surface area contributed by atoms with Crippen LogP contribution in [0.1, 0.15) is 15.9 Å². The molecule has 1 aromatic heterocycles. The molecule has 0 bridgehead atoms. The van der Waals surface area contributed by atoms with Crippen LogP contribution in [0.15, 0.2) is 65.6 Å². The fourth-order valence-electron chi connectivity index (χ4n) is 3.44. The molecule has 0 aliphatic heterocycles. The van der Waals surface area contributed by atoms with Crippen LogP contribution in [0.4, 0.5) is 14.5 Å². The molecule has 0 spiro atoms. The Kier molecular flexibility index (Phi) is 6.04. The van der Waals surface area contributed by atoms with Crippen molar-refractivity contribution in [2.45, 2.75) is 6.54 Å². The van der Waals surface area contributed by atoms with E-state index < -0.39 is 57.9 Å². The van der Waals surface area contributed by atoms with Crippen molar-refractivity contribution in [2.24, 2.45) is 0 Å². The number of rotatable bonds is 5. The number of phenolic OH excluding ortho intramolecular Hbond substituents is 2. The smallest absolute Gasteiger partial charge is 0.244 e. The maximum absolute atomic E-state index is 13.6. The maximum atomic E-state index is 13.6. The molecule has 4 rings (SSSR count). The largest absolute Gasteiger partial charge is 0.504 e. The number of carbonyl (C=O) groups is 2. The molecule has 0 fully saturated rings. The average molecular weight is 485 g/mol. The van der Waals surface area contributed by atoms with Crippen molar-refractivity contribution < 1.29 is 28.6 Å². The fraction of sp³-hybridized carbons (Fsp3) is 0.0417. The molecular formula is C24H15ClF2N2O5. The number of nitrogens with one attached hydrogen (secondary N) is 1. The molecule has 1 amide bonds. The summed E-state index contributed by atoms with van der Waals surface area (Å²) < 4.78 is 28.5. The Morgan fingerprint density at radius 1 is 0.941 bits per heavy atom. The molecule has 0 saturated carbocycles. The summed E-state index contributed by atoms with van der Waals surface area (Å²) in [4.78, 5) is 38.6. The van der Waals surface area contributed by atoms with Gasteiger partial charge in [0.2, 0.25) is 11.3 Å². The van der Waals surface area contributed by atoms with Gasteiger partial charge in [-0.1, -0.05) is 11.6 Å². The Morgan fingerprint density at radius 2 is 1.56 bits per heavy atom. The third-order valence-corrected chi connectivity index (χ3v) is 5.24. The van der Waals surface area contributed by atoms with Crippen LogP contribution in [0.2, 0.25) is 5.02 Å². The second-order valence-corrected chi connectivity index (χ2v) is 7.84. The zero-order chi connectivity index (χ0) is 24.6. The number of carbonyl (C=O) groups excluding carboxylic acids is 2. The van der Waals surface area contributed by atoms with Gasteiger partial charge in [0.25, 0.3) is 0 Å². The Bertz CT molecular complexity index is 1500. The lowest BCUT2D eigenvalue weighted by atomic mass is 10.0. The molecule has 3 N–H and O–H groups in total. The monoisotopic (exact) mass is 484 g/mol. The Balaban J connectivity index is 1.81. The van der Waals surface area contributed by atoms with E-state index in [1.54, 1.807) is 24.3 Å². The number of amides is 1. The second kappa shape index (κ2) is 8.95. The van der Waals surface area contributed by atoms with Crippen molar-refractivity contribution >= 4 is 39.9 Å². The van der Waals surface area contributed by atoms with Crippen LogP contribution in [0, 0.1) is 11.6 Å². The first-order valence-electron chi connectivity index (χ1n) is 9.77. The minimum absolute atomic E-state index is 0.0496. The zero-order valence-electron chi connectivity index (χ0n) is 17.2. The highest BCUT2D eigenvalue weighted by Crippen LogP contribution is 2.29. The Hall–Kier alpha value is -4.24. The van der Waals surface area contributed by atoms with Crippen LogP contribution >= 0.6 is 11.6 Å². The Labute approximate surface area is 195 Å². The summed E-state index contributed by atoms with van der Waals surface area (Å²) in [6, 6.07) is 10.4. The number of nitrogens with zero attached hydrogens (tertiary/aromatic N) is 1. The zero-order valence-corrected chi connectivity index (χ0v) is 17.9. The van der Waals surface area contributed by atoms with Crippen LogP contribution < -0.4 is 10.7 Å². The third-order valence-electron chi connectivity index (χ3n) is 4.99. The highest BCUT2D eigenvalue weighted by Gasteiger charge is 2.21. The van der Waals surface area contributed by atoms with Crippen LogP contribution in [-0.2, 0) is 11.3 Å². The molecular weight excluding hydrogens is 470 g/mol. The number of aromatic hydroxyl groups is 2. The normalized spacial score (nSPS) is 10.9. The summed E-state index contributed by atoms with van der Waals surface area (Å²) >= 11 is 5.83. The van der Waals surface area contributed by atoms with Gasteiger partial charge in [-0.15, -0.1) is 0 Å². The average Bonchev–Trinajstić information content (AvgIpc) is 2.77. The first-order valence-corrected chi connectivity index (χ1v) is 10.2. The van der Waals surface area contributed by atoms with Crippen LogP contribution in [-0.4, -0.2) is 26.5 Å². The maximum Gasteiger partial charge on any atom is 0.244 e. The molecule has 172 valence electrons. The third kappa shape index (κ3) is 4.60. The summed E-state index contributed by atoms with van der Waals surface area (Å²) in [5.74, 6) is -4.71. The highest BCUT2D eigenvalue weighted by molar-refractivity contribution is 6.30. The van der Waals surface area contributed by atoms with Crippen LogP contribution in [0.25, 0.3) is 10.9 Å². The molecule has 0 radical (unpaired) electrons. The molecule has 0 aliphatic carbocycles. The summed E-state index contributed by atoms with van der Waals surface area (Å²) in [6.45, 7) is -0.401. The molecule has 7 nitrogen and oxygen atoms in total. The van der Waals surface area contributed by atoms with Gasteiger partial charge in [0.05, 0.1) is 16.5 Å². The van der Waals surface area contributed by atoms with Crippen LogP contribution in [0.5, 0.6) is 11.5 Å². The number of halogens is 3. The number of benzene rings is 3. The van der Waals surface area contributed by atoms with Gasteiger partial charge in [-0.3, -0.25) is 14.4 Å². The molecule has 0 unspecified atom stereocenters. The van der Waals surface area contributed by atoms with Crippen LogP contribution in [0.3, 0.4) is 0 Å². The number of hydrogen-bond acceptors (Lipinski definition) is 5. The SMILES string of the molecule is O=C(Cn1cc(C(=O)c2cc(F)cc(F)c2)c(=O)c2cc(O)c(O)cc21)Nc1ccc(Cl)cc1. The lowest BCUT2D eigenvalue weighted by Crippen LogP contribution is -2.24. The van der Waals surface area contributed by atoms with Crippen molar-refractivity contribution in [1.29, 1.82) is 0 Å². The number of aromatic nitrogens is 1. The molecule has 3 aromatic carbocycles. The van der Waals surface area contributed by atoms with E-state index >= 15 is 0 Å². The molecule has 4 aromatic rings. The van der Waals surface area contributed by atoms with E-state index in [4.69, 9.17) is 11.6 Å². The van der Waals surface area contributed by atoms with E-state index in [0.29, 0.717) is 16.8 Å². The summed E-state index contributed by atoms with van der Waals surface area (Å²) in [5.41, 5.74) is -1.26. The van der Waals surface area contributed by atoms with Crippen molar-refractivity contribution in [3.05, 3.63) is 98.8 Å². The molecule has 0 saturated heterocycles. The van der Waals surface area contributed by atoms with E-state index in [9.17, 15) is 33.4 Å². The summed E-state index contributed by atoms with van der Waals surface area (Å²) in [5, 5.41) is 22.7. The second-order valence-electron chi connectivity index (χ2n) is 7.40. The Morgan fingerprint density at radius 3 is 2.21 bits per heavy atom. The van der Waals surface area contributed by atoms with Gasteiger partial charge < -0.3 is 20.1 Å². The van der Waals surface area contributed by atoms with Gasteiger partial charge in [0, 0.05) is 34.6 Å². The molecule has 1 heterocycles. The van der Waals surface area contributed by atoms with Crippen molar-refractivity contribution in [1.82, 2.24) is 4.57 Å². The van der Waals surface area contributed by atoms with E-state index in [0.717, 1.165) is 30.5 Å². The van der Waals surface area contributed by atoms with Gasteiger partial charge in [-0.25, -0.2) is 8.78 Å². The number of fused-ring (bicyclic) bond motifs is 1. The number of phenols is 2. The van der Waals surface area contributed by atoms with Crippen molar-refractivity contribution in [3.8, 4) is 11.5 Å². The number of pyridine rings is 1. The molecule has 0 aliphatic rings. The minimum atomic E-state index is -1.01. The van der Waals surface area contributed by atoms with Gasteiger partial charge >= 0.3 is 0 Å². The van der Waals surface area contributed by atoms with E-state index in [-0.39, 0.29) is 10.9 Å². The predicted molar refractivity (Wildman–Crippen MR) is 121 cm³/mol. The molecule has 0 atom stereocenters. The van der Waals surface area contributed by atoms with Crippen molar-refractivity contribution in [2.75, 3.05) is 5.32 Å². The summed E-state index contributed by atoms with van der Waals surface area (Å²) in [6.07, 6.45) is 1.06. The first kappa shape index (κ1) is 22.9. The van der Waals surface area contributed by atoms with Gasteiger partial charge in [0.1, 0.15) is 18.2 Å². The van der Waals surface area contributed by atoms with E-state index in [1.807, 2.05) is 0 Å². The fourth-order valence-corrected chi connectivity index (χ4v) is 3.56. The lowest BCUT2D eigenvalue weighted by Gasteiger charge is -2.14. The van der Waals surface area contributed by atoms with Gasteiger partial charge in [0.15, 0.2) is 17.3 Å². The summed E-state index contributed by atoms with van der Waals surface area (Å²) in [7, 11) is 0. The number of anilines is 1. The molecule has 34 heavy (non-hydrogen) atoms. The quantitative estimate of drug-likeness (QED) is 0.290. The van der Waals surface area contributed by atoms with Gasteiger partial charge in [-0.05, 0) is 42.5 Å². The van der Waals surface area contributed by atoms with E-state index in [2.05, 4.69) is 5.32 Å². The standard InChI is InChI=1S/C24H15ClF2N2O5/c25-13-1-3-16(4-2-13)28-22(32)11-29-10-18(23(33)12-5-14(26)7-15(27)6-12)24(34)17-8-20(30)21(31)9-19(17)29/h1-10,30-31H,11H2,(H,28,32). The minimum Gasteiger partial charge on any atom is -0.504 e. The first-order chi connectivity index (χ1) is 16.1.